The zero-order valence-corrected chi connectivity index (χ0v) is 40.1. The summed E-state index contributed by atoms with van der Waals surface area (Å²) in [5.41, 5.74) is 0. The Morgan fingerprint density at radius 2 is 0.552 bits per heavy atom. The van der Waals surface area contributed by atoms with E-state index in [-0.39, 0.29) is 12.5 Å². The lowest BCUT2D eigenvalue weighted by Gasteiger charge is -2.22. The molecule has 348 valence electrons. The number of carbonyl (C=O) groups excluding carboxylic acids is 1. The van der Waals surface area contributed by atoms with Gasteiger partial charge in [0.1, 0.15) is 0 Å². The molecule has 0 saturated heterocycles. The molecule has 0 saturated carbocycles. The number of rotatable bonds is 51. The zero-order chi connectivity index (χ0) is 42.1. The van der Waals surface area contributed by atoms with Crippen molar-refractivity contribution < 1.29 is 15.0 Å². The maximum atomic E-state index is 12.5. The second-order valence-electron chi connectivity index (χ2n) is 19.0. The summed E-state index contributed by atoms with van der Waals surface area (Å²) in [5.74, 6) is -0.0224. The van der Waals surface area contributed by atoms with Crippen molar-refractivity contribution in [1.29, 1.82) is 0 Å². The molecule has 58 heavy (non-hydrogen) atoms. The first-order chi connectivity index (χ1) is 28.7. The van der Waals surface area contributed by atoms with E-state index in [1.165, 1.54) is 270 Å². The molecule has 0 fully saturated rings. The number of aliphatic hydroxyl groups excluding tert-OH is 2. The Balaban J connectivity index is 3.40. The van der Waals surface area contributed by atoms with Crippen LogP contribution in [0.3, 0.4) is 0 Å². The first-order valence-electron chi connectivity index (χ1n) is 27.2. The number of amides is 1. The van der Waals surface area contributed by atoms with Crippen LogP contribution in [-0.2, 0) is 4.79 Å². The van der Waals surface area contributed by atoms with Crippen LogP contribution in [0.5, 0.6) is 0 Å². The van der Waals surface area contributed by atoms with E-state index in [1.54, 1.807) is 0 Å². The average molecular weight is 820 g/mol. The molecular formula is C54H109NO3. The van der Waals surface area contributed by atoms with Crippen molar-refractivity contribution >= 4 is 5.91 Å². The van der Waals surface area contributed by atoms with E-state index in [0.29, 0.717) is 12.8 Å². The van der Waals surface area contributed by atoms with Crippen LogP contribution in [0.2, 0.25) is 0 Å². The molecule has 0 aromatic rings. The Hall–Kier alpha value is -0.610. The van der Waals surface area contributed by atoms with Gasteiger partial charge in [-0.15, -0.1) is 0 Å². The molecule has 0 heterocycles. The second kappa shape index (κ2) is 50.7. The summed E-state index contributed by atoms with van der Waals surface area (Å²) < 4.78 is 0. The van der Waals surface area contributed by atoms with Gasteiger partial charge in [0.25, 0.3) is 0 Å². The third-order valence-corrected chi connectivity index (χ3v) is 13.1. The first kappa shape index (κ1) is 57.4. The highest BCUT2D eigenvalue weighted by Gasteiger charge is 2.20. The normalized spacial score (nSPS) is 12.7. The largest absolute Gasteiger partial charge is 0.394 e. The molecule has 1 amide bonds. The van der Waals surface area contributed by atoms with Gasteiger partial charge in [-0.3, -0.25) is 4.79 Å². The minimum Gasteiger partial charge on any atom is -0.394 e. The summed E-state index contributed by atoms with van der Waals surface area (Å²) >= 11 is 0. The van der Waals surface area contributed by atoms with Gasteiger partial charge in [0.05, 0.1) is 18.8 Å². The van der Waals surface area contributed by atoms with Crippen LogP contribution >= 0.6 is 0 Å². The molecule has 3 N–H and O–H groups in total. The lowest BCUT2D eigenvalue weighted by molar-refractivity contribution is -0.123. The van der Waals surface area contributed by atoms with Gasteiger partial charge in [-0.2, -0.15) is 0 Å². The van der Waals surface area contributed by atoms with Crippen molar-refractivity contribution in [3.8, 4) is 0 Å². The molecule has 0 aliphatic rings. The van der Waals surface area contributed by atoms with Crippen LogP contribution < -0.4 is 5.32 Å². The molecule has 2 atom stereocenters. The average Bonchev–Trinajstić information content (AvgIpc) is 3.23. The zero-order valence-electron chi connectivity index (χ0n) is 40.1. The van der Waals surface area contributed by atoms with Crippen LogP contribution in [-0.4, -0.2) is 34.9 Å². The maximum absolute atomic E-state index is 12.5. The van der Waals surface area contributed by atoms with Crippen molar-refractivity contribution in [1.82, 2.24) is 5.32 Å². The molecule has 0 bridgehead atoms. The van der Waals surface area contributed by atoms with Gasteiger partial charge in [-0.1, -0.05) is 303 Å². The molecule has 0 radical (unpaired) electrons. The number of hydrogen-bond donors (Lipinski definition) is 3. The number of nitrogens with one attached hydrogen (secondary N) is 1. The van der Waals surface area contributed by atoms with E-state index in [2.05, 4.69) is 19.2 Å². The molecule has 0 aromatic carbocycles. The van der Waals surface area contributed by atoms with Crippen LogP contribution in [0, 0.1) is 0 Å². The Bertz CT molecular complexity index is 759. The van der Waals surface area contributed by atoms with E-state index in [4.69, 9.17) is 0 Å². The van der Waals surface area contributed by atoms with E-state index >= 15 is 0 Å². The van der Waals surface area contributed by atoms with Crippen molar-refractivity contribution in [2.75, 3.05) is 6.61 Å². The van der Waals surface area contributed by atoms with Crippen molar-refractivity contribution in [2.45, 2.75) is 334 Å². The highest BCUT2D eigenvalue weighted by atomic mass is 16.3. The van der Waals surface area contributed by atoms with Crippen molar-refractivity contribution in [3.05, 3.63) is 0 Å². The molecule has 4 nitrogen and oxygen atoms in total. The SMILES string of the molecule is CCCCCCCCCCCCCCCCCCCCCCCCCCCCCC(=O)NC(CO)C(O)CCCCCCCCCCCCCCCCCCCCC. The number of aliphatic hydroxyl groups is 2. The molecule has 0 aliphatic carbocycles. The van der Waals surface area contributed by atoms with Crippen molar-refractivity contribution in [2.24, 2.45) is 0 Å². The minimum atomic E-state index is -0.654. The number of carbonyl (C=O) groups is 1. The summed E-state index contributed by atoms with van der Waals surface area (Å²) in [4.78, 5) is 12.5. The monoisotopic (exact) mass is 820 g/mol. The fourth-order valence-corrected chi connectivity index (χ4v) is 8.95. The Kier molecular flexibility index (Phi) is 50.2. The van der Waals surface area contributed by atoms with Crippen molar-refractivity contribution in [3.63, 3.8) is 0 Å². The summed E-state index contributed by atoms with van der Waals surface area (Å²) in [6.07, 6.45) is 63.7. The topological polar surface area (TPSA) is 69.6 Å². The molecular weight excluding hydrogens is 711 g/mol. The third kappa shape index (κ3) is 46.5. The molecule has 2 unspecified atom stereocenters. The van der Waals surface area contributed by atoms with Gasteiger partial charge >= 0.3 is 0 Å². The van der Waals surface area contributed by atoms with E-state index in [1.807, 2.05) is 0 Å². The van der Waals surface area contributed by atoms with E-state index in [9.17, 15) is 15.0 Å². The molecule has 4 heteroatoms. The smallest absolute Gasteiger partial charge is 0.220 e. The summed E-state index contributed by atoms with van der Waals surface area (Å²) in [7, 11) is 0. The second-order valence-corrected chi connectivity index (χ2v) is 19.0. The third-order valence-electron chi connectivity index (χ3n) is 13.1. The van der Waals surface area contributed by atoms with Crippen LogP contribution in [0.1, 0.15) is 322 Å². The predicted octanol–water partition coefficient (Wildman–Crippen LogP) is 17.6. The summed E-state index contributed by atoms with van der Waals surface area (Å²) in [5, 5.41) is 23.3. The quantitative estimate of drug-likeness (QED) is 0.0536. The number of hydrogen-bond acceptors (Lipinski definition) is 3. The van der Waals surface area contributed by atoms with Gasteiger partial charge in [-0.25, -0.2) is 0 Å². The Labute approximate surface area is 365 Å². The molecule has 0 rings (SSSR count). The van der Waals surface area contributed by atoms with Gasteiger partial charge < -0.3 is 15.5 Å². The van der Waals surface area contributed by atoms with Gasteiger partial charge in [0.2, 0.25) is 5.91 Å². The number of unbranched alkanes of at least 4 members (excludes halogenated alkanes) is 44. The fourth-order valence-electron chi connectivity index (χ4n) is 8.95. The van der Waals surface area contributed by atoms with Gasteiger partial charge in [-0.05, 0) is 12.8 Å². The predicted molar refractivity (Wildman–Crippen MR) is 258 cm³/mol. The van der Waals surface area contributed by atoms with E-state index in [0.717, 1.165) is 25.7 Å². The first-order valence-corrected chi connectivity index (χ1v) is 27.2. The molecule has 0 aromatic heterocycles. The Morgan fingerprint density at radius 1 is 0.345 bits per heavy atom. The fraction of sp³-hybridized carbons (Fsp3) is 0.981. The molecule has 0 aliphatic heterocycles. The lowest BCUT2D eigenvalue weighted by atomic mass is 10.0. The lowest BCUT2D eigenvalue weighted by Crippen LogP contribution is -2.45. The summed E-state index contributed by atoms with van der Waals surface area (Å²) in [6, 6.07) is -0.531. The standard InChI is InChI=1S/C54H109NO3/c1-3-5-7-9-11-13-15-17-19-21-23-24-25-26-27-28-29-30-32-34-36-38-40-42-44-46-48-50-54(58)55-52(51-56)53(57)49-47-45-43-41-39-37-35-33-31-22-20-18-16-14-12-10-8-6-4-2/h52-53,56-57H,3-51H2,1-2H3,(H,55,58). The highest BCUT2D eigenvalue weighted by Crippen LogP contribution is 2.18. The van der Waals surface area contributed by atoms with Crippen LogP contribution in [0.4, 0.5) is 0 Å². The summed E-state index contributed by atoms with van der Waals surface area (Å²) in [6.45, 7) is 4.40. The van der Waals surface area contributed by atoms with E-state index < -0.39 is 12.1 Å². The maximum Gasteiger partial charge on any atom is 0.220 e. The van der Waals surface area contributed by atoms with Crippen LogP contribution in [0.25, 0.3) is 0 Å². The molecule has 0 spiro atoms. The van der Waals surface area contributed by atoms with Gasteiger partial charge in [0, 0.05) is 6.42 Å². The highest BCUT2D eigenvalue weighted by molar-refractivity contribution is 5.76. The Morgan fingerprint density at radius 3 is 0.776 bits per heavy atom. The minimum absolute atomic E-state index is 0.0224. The van der Waals surface area contributed by atoms with Gasteiger partial charge in [0.15, 0.2) is 0 Å². The van der Waals surface area contributed by atoms with Crippen LogP contribution in [0.15, 0.2) is 0 Å².